The predicted octanol–water partition coefficient (Wildman–Crippen LogP) is 3.59. The van der Waals surface area contributed by atoms with Crippen molar-refractivity contribution in [1.29, 1.82) is 0 Å². The number of nitrogens with one attached hydrogen (secondary N) is 1. The van der Waals surface area contributed by atoms with Crippen molar-refractivity contribution in [2.45, 2.75) is 46.2 Å². The lowest BCUT2D eigenvalue weighted by atomic mass is 9.93. The third-order valence-electron chi connectivity index (χ3n) is 4.16. The first-order chi connectivity index (χ1) is 9.49. The Morgan fingerprint density at radius 3 is 2.35 bits per heavy atom. The first-order valence-corrected chi connectivity index (χ1v) is 7.61. The van der Waals surface area contributed by atoms with Gasteiger partial charge in [0.1, 0.15) is 5.82 Å². The van der Waals surface area contributed by atoms with Gasteiger partial charge < -0.3 is 10.2 Å². The van der Waals surface area contributed by atoms with Crippen LogP contribution in [0.4, 0.5) is 4.39 Å². The maximum atomic E-state index is 13.2. The number of aryl methyl sites for hydroxylation is 1. The zero-order chi connectivity index (χ0) is 15.1. The van der Waals surface area contributed by atoms with Gasteiger partial charge in [0.2, 0.25) is 0 Å². The molecule has 0 saturated heterocycles. The molecule has 1 aromatic rings. The highest BCUT2D eigenvalue weighted by Gasteiger charge is 2.19. The summed E-state index contributed by atoms with van der Waals surface area (Å²) in [6.45, 7) is 8.09. The number of benzene rings is 1. The van der Waals surface area contributed by atoms with E-state index in [1.807, 2.05) is 19.1 Å². The smallest absolute Gasteiger partial charge is 0.126 e. The number of nitrogens with zero attached hydrogens (tertiary/aromatic N) is 1. The van der Waals surface area contributed by atoms with Crippen LogP contribution in [0.2, 0.25) is 0 Å². The Labute approximate surface area is 123 Å². The van der Waals surface area contributed by atoms with Gasteiger partial charge in [-0.1, -0.05) is 38.8 Å². The molecule has 20 heavy (non-hydrogen) atoms. The second-order valence-corrected chi connectivity index (χ2v) is 5.82. The molecular formula is C17H29FN2. The minimum absolute atomic E-state index is 0.128. The first-order valence-electron chi connectivity index (χ1n) is 7.61. The number of likely N-dealkylation sites (N-methyl/N-ethyl adjacent to an activating group) is 1. The quantitative estimate of drug-likeness (QED) is 0.783. The van der Waals surface area contributed by atoms with E-state index in [1.54, 1.807) is 6.07 Å². The molecule has 1 N–H and O–H groups in total. The molecule has 0 radical (unpaired) electrons. The Hall–Kier alpha value is -0.930. The van der Waals surface area contributed by atoms with Gasteiger partial charge in [-0.2, -0.15) is 0 Å². The fraction of sp³-hybridized carbons (Fsp3) is 0.647. The van der Waals surface area contributed by atoms with Crippen molar-refractivity contribution >= 4 is 0 Å². The predicted molar refractivity (Wildman–Crippen MR) is 84.4 cm³/mol. The molecule has 1 aromatic carbocycles. The summed E-state index contributed by atoms with van der Waals surface area (Å²) in [7, 11) is 4.29. The van der Waals surface area contributed by atoms with E-state index >= 15 is 0 Å². The Morgan fingerprint density at radius 2 is 1.85 bits per heavy atom. The molecule has 3 heteroatoms. The highest BCUT2D eigenvalue weighted by Crippen LogP contribution is 2.16. The van der Waals surface area contributed by atoms with Crippen molar-refractivity contribution in [3.63, 3.8) is 0 Å². The van der Waals surface area contributed by atoms with Gasteiger partial charge in [-0.3, -0.25) is 0 Å². The summed E-state index contributed by atoms with van der Waals surface area (Å²) >= 11 is 0. The molecule has 0 spiro atoms. The summed E-state index contributed by atoms with van der Waals surface area (Å²) in [5.41, 5.74) is 1.86. The van der Waals surface area contributed by atoms with Crippen LogP contribution in [0.25, 0.3) is 0 Å². The molecule has 1 unspecified atom stereocenters. The average molecular weight is 280 g/mol. The number of rotatable bonds is 8. The molecular weight excluding hydrogens is 251 g/mol. The van der Waals surface area contributed by atoms with Crippen molar-refractivity contribution in [3.05, 3.63) is 35.1 Å². The van der Waals surface area contributed by atoms with E-state index in [0.717, 1.165) is 18.7 Å². The van der Waals surface area contributed by atoms with Crippen molar-refractivity contribution in [2.75, 3.05) is 20.6 Å². The van der Waals surface area contributed by atoms with Gasteiger partial charge in [0.25, 0.3) is 0 Å². The molecule has 1 rings (SSSR count). The van der Waals surface area contributed by atoms with E-state index in [2.05, 4.69) is 38.2 Å². The molecule has 0 aliphatic carbocycles. The summed E-state index contributed by atoms with van der Waals surface area (Å²) in [5, 5.41) is 3.51. The Balaban J connectivity index is 2.53. The fourth-order valence-electron chi connectivity index (χ4n) is 2.78. The molecule has 0 amide bonds. The van der Waals surface area contributed by atoms with Crippen LogP contribution in [-0.2, 0) is 6.54 Å². The number of halogens is 1. The van der Waals surface area contributed by atoms with E-state index < -0.39 is 0 Å². The molecule has 0 saturated carbocycles. The van der Waals surface area contributed by atoms with Gasteiger partial charge in [-0.05, 0) is 44.1 Å². The lowest BCUT2D eigenvalue weighted by molar-refractivity contribution is 0.194. The van der Waals surface area contributed by atoms with Gasteiger partial charge in [0.15, 0.2) is 0 Å². The summed E-state index contributed by atoms with van der Waals surface area (Å²) in [4.78, 5) is 2.31. The summed E-state index contributed by atoms with van der Waals surface area (Å²) in [5.74, 6) is 0.587. The molecule has 114 valence electrons. The lowest BCUT2D eigenvalue weighted by Crippen LogP contribution is -2.42. The van der Waals surface area contributed by atoms with Gasteiger partial charge >= 0.3 is 0 Å². The van der Waals surface area contributed by atoms with Gasteiger partial charge in [-0.15, -0.1) is 0 Å². The van der Waals surface area contributed by atoms with E-state index in [9.17, 15) is 4.39 Å². The number of hydrogen-bond acceptors (Lipinski definition) is 2. The van der Waals surface area contributed by atoms with E-state index in [4.69, 9.17) is 0 Å². The molecule has 0 heterocycles. The third kappa shape index (κ3) is 4.88. The third-order valence-corrected chi connectivity index (χ3v) is 4.16. The lowest BCUT2D eigenvalue weighted by Gasteiger charge is -2.31. The largest absolute Gasteiger partial charge is 0.311 e. The Bertz CT molecular complexity index is 400. The standard InChI is InChI=1S/C17H29FN2/c1-6-15(7-2)17(20(4)5)12-19-11-14-8-9-16(18)13(3)10-14/h8-10,15,17,19H,6-7,11-12H2,1-5H3. The van der Waals surface area contributed by atoms with Crippen LogP contribution in [0, 0.1) is 18.7 Å². The molecule has 0 aliphatic heterocycles. The van der Waals surface area contributed by atoms with Crippen LogP contribution in [0.3, 0.4) is 0 Å². The van der Waals surface area contributed by atoms with E-state index in [1.165, 1.54) is 12.8 Å². The molecule has 1 atom stereocenters. The number of hydrogen-bond donors (Lipinski definition) is 1. The maximum Gasteiger partial charge on any atom is 0.126 e. The second-order valence-electron chi connectivity index (χ2n) is 5.82. The monoisotopic (exact) mass is 280 g/mol. The van der Waals surface area contributed by atoms with Gasteiger partial charge in [-0.25, -0.2) is 4.39 Å². The molecule has 0 aliphatic rings. The normalized spacial score (nSPS) is 13.2. The fourth-order valence-corrected chi connectivity index (χ4v) is 2.78. The summed E-state index contributed by atoms with van der Waals surface area (Å²) < 4.78 is 13.2. The highest BCUT2D eigenvalue weighted by atomic mass is 19.1. The van der Waals surface area contributed by atoms with Crippen molar-refractivity contribution in [1.82, 2.24) is 10.2 Å². The topological polar surface area (TPSA) is 15.3 Å². The van der Waals surface area contributed by atoms with Crippen molar-refractivity contribution in [3.8, 4) is 0 Å². The van der Waals surface area contributed by atoms with E-state index in [-0.39, 0.29) is 5.82 Å². The van der Waals surface area contributed by atoms with Gasteiger partial charge in [0, 0.05) is 19.1 Å². The van der Waals surface area contributed by atoms with Crippen LogP contribution in [0.5, 0.6) is 0 Å². The summed E-state index contributed by atoms with van der Waals surface area (Å²) in [6.07, 6.45) is 2.41. The average Bonchev–Trinajstić information content (AvgIpc) is 2.42. The minimum atomic E-state index is -0.128. The Kier molecular flexibility index (Phi) is 7.17. The van der Waals surface area contributed by atoms with E-state index in [0.29, 0.717) is 17.5 Å². The van der Waals surface area contributed by atoms with Crippen LogP contribution in [-0.4, -0.2) is 31.6 Å². The van der Waals surface area contributed by atoms with Crippen LogP contribution >= 0.6 is 0 Å². The summed E-state index contributed by atoms with van der Waals surface area (Å²) in [6, 6.07) is 5.88. The van der Waals surface area contributed by atoms with Crippen LogP contribution in [0.15, 0.2) is 18.2 Å². The maximum absolute atomic E-state index is 13.2. The second kappa shape index (κ2) is 8.38. The van der Waals surface area contributed by atoms with Crippen molar-refractivity contribution in [2.24, 2.45) is 5.92 Å². The zero-order valence-electron chi connectivity index (χ0n) is 13.5. The van der Waals surface area contributed by atoms with Crippen LogP contribution in [0.1, 0.15) is 37.8 Å². The van der Waals surface area contributed by atoms with Crippen molar-refractivity contribution < 1.29 is 4.39 Å². The molecule has 0 bridgehead atoms. The Morgan fingerprint density at radius 1 is 1.20 bits per heavy atom. The van der Waals surface area contributed by atoms with Gasteiger partial charge in [0.05, 0.1) is 0 Å². The molecule has 0 fully saturated rings. The first kappa shape index (κ1) is 17.1. The molecule has 2 nitrogen and oxygen atoms in total. The highest BCUT2D eigenvalue weighted by molar-refractivity contribution is 5.23. The SMILES string of the molecule is CCC(CC)C(CNCc1ccc(F)c(C)c1)N(C)C. The molecule has 0 aromatic heterocycles. The van der Waals surface area contributed by atoms with Crippen LogP contribution < -0.4 is 5.32 Å². The zero-order valence-corrected chi connectivity index (χ0v) is 13.5. The minimum Gasteiger partial charge on any atom is -0.311 e.